The maximum Gasteiger partial charge on any atom is 0.303 e. The highest BCUT2D eigenvalue weighted by molar-refractivity contribution is 5.92. The van der Waals surface area contributed by atoms with E-state index in [4.69, 9.17) is 9.97 Å². The predicted octanol–water partition coefficient (Wildman–Crippen LogP) is 6.65. The number of allylic oxidation sites excluding steroid dienone is 2. The summed E-state index contributed by atoms with van der Waals surface area (Å²) in [5.74, 6) is -1.85. The summed E-state index contributed by atoms with van der Waals surface area (Å²) < 4.78 is 0. The second kappa shape index (κ2) is 9.84. The molecule has 2 aliphatic heterocycles. The second-order valence-corrected chi connectivity index (χ2v) is 11.2. The normalized spacial score (nSPS) is 16.5. The number of carbonyl (C=O) groups is 2. The van der Waals surface area contributed by atoms with Crippen LogP contribution in [0.25, 0.3) is 33.2 Å². The number of nitrogens with one attached hydrogen (secondary N) is 2. The third kappa shape index (κ3) is 5.11. The van der Waals surface area contributed by atoms with E-state index < -0.39 is 17.4 Å². The SMILES string of the molecule is CC1=C(CCC(=O)O)c2cc3nc(cc4[nH]c(cc4C)cc4[nH]c(cc1n2)cc4C)C(C)(C)C3CCC(=O)O. The van der Waals surface area contributed by atoms with E-state index >= 15 is 0 Å². The molecule has 0 aliphatic carbocycles. The first-order valence-electron chi connectivity index (χ1n) is 13.3. The summed E-state index contributed by atoms with van der Waals surface area (Å²) in [5, 5.41) is 18.9. The number of carboxylic acid groups (broad SMARTS) is 2. The van der Waals surface area contributed by atoms with Crippen molar-refractivity contribution in [2.24, 2.45) is 0 Å². The van der Waals surface area contributed by atoms with Gasteiger partial charge in [0.2, 0.25) is 0 Å². The molecule has 0 saturated carbocycles. The third-order valence-corrected chi connectivity index (χ3v) is 8.07. The predicted molar refractivity (Wildman–Crippen MR) is 152 cm³/mol. The van der Waals surface area contributed by atoms with Gasteiger partial charge in [0.05, 0.1) is 11.4 Å². The van der Waals surface area contributed by atoms with E-state index in [0.29, 0.717) is 18.5 Å². The number of rotatable bonds is 6. The molecule has 1 unspecified atom stereocenters. The molecule has 4 N–H and O–H groups in total. The number of hydrogen-bond donors (Lipinski definition) is 4. The number of H-pyrrole nitrogens is 2. The van der Waals surface area contributed by atoms with Gasteiger partial charge in [0.1, 0.15) is 0 Å². The van der Waals surface area contributed by atoms with Crippen LogP contribution in [0.15, 0.2) is 36.4 Å². The Morgan fingerprint density at radius 2 is 1.44 bits per heavy atom. The molecule has 0 radical (unpaired) electrons. The molecule has 8 nitrogen and oxygen atoms in total. The van der Waals surface area contributed by atoms with E-state index in [1.54, 1.807) is 0 Å². The highest BCUT2D eigenvalue weighted by atomic mass is 16.4. The zero-order valence-corrected chi connectivity index (χ0v) is 23.0. The van der Waals surface area contributed by atoms with Crippen molar-refractivity contribution in [3.05, 3.63) is 70.3 Å². The average molecular weight is 527 g/mol. The van der Waals surface area contributed by atoms with Crippen LogP contribution in [-0.4, -0.2) is 42.1 Å². The molecule has 0 aromatic carbocycles. The number of aromatic nitrogens is 4. The van der Waals surface area contributed by atoms with Crippen LogP contribution in [0, 0.1) is 13.8 Å². The first-order valence-corrected chi connectivity index (χ1v) is 13.3. The number of hydrogen-bond acceptors (Lipinski definition) is 4. The van der Waals surface area contributed by atoms with Crippen LogP contribution < -0.4 is 0 Å². The van der Waals surface area contributed by atoms with Gasteiger partial charge in [-0.05, 0) is 92.3 Å². The van der Waals surface area contributed by atoms with Crippen molar-refractivity contribution in [3.8, 4) is 0 Å². The average Bonchev–Trinajstić information content (AvgIpc) is 3.51. The molecule has 0 fully saturated rings. The van der Waals surface area contributed by atoms with Gasteiger partial charge in [0, 0.05) is 57.6 Å². The molecule has 2 aliphatic rings. The molecule has 0 amide bonds. The summed E-state index contributed by atoms with van der Waals surface area (Å²) in [4.78, 5) is 40.0. The van der Waals surface area contributed by atoms with Gasteiger partial charge in [-0.15, -0.1) is 0 Å². The zero-order valence-electron chi connectivity index (χ0n) is 23.0. The Balaban J connectivity index is 1.85. The highest BCUT2D eigenvalue weighted by Gasteiger charge is 2.39. The zero-order chi connectivity index (χ0) is 28.1. The van der Waals surface area contributed by atoms with Crippen molar-refractivity contribution >= 4 is 45.2 Å². The van der Waals surface area contributed by atoms with Crippen molar-refractivity contribution in [1.82, 2.24) is 19.9 Å². The highest BCUT2D eigenvalue weighted by Crippen LogP contribution is 2.45. The van der Waals surface area contributed by atoms with Gasteiger partial charge in [-0.2, -0.15) is 0 Å². The summed E-state index contributed by atoms with van der Waals surface area (Å²) in [5.41, 5.74) is 10.5. The van der Waals surface area contributed by atoms with E-state index in [2.05, 4.69) is 61.9 Å². The molecule has 0 spiro atoms. The van der Waals surface area contributed by atoms with Crippen molar-refractivity contribution in [3.63, 3.8) is 0 Å². The van der Waals surface area contributed by atoms with Crippen LogP contribution in [0.3, 0.4) is 0 Å². The fourth-order valence-corrected chi connectivity index (χ4v) is 5.71. The first kappa shape index (κ1) is 26.4. The van der Waals surface area contributed by atoms with Gasteiger partial charge < -0.3 is 20.2 Å². The summed E-state index contributed by atoms with van der Waals surface area (Å²) in [6, 6.07) is 12.3. The number of aromatic amines is 2. The van der Waals surface area contributed by atoms with E-state index in [9.17, 15) is 19.8 Å². The number of aliphatic carboxylic acids is 2. The Hall–Kier alpha value is -4.20. The lowest BCUT2D eigenvalue weighted by Gasteiger charge is -2.27. The Labute approximate surface area is 226 Å². The molecule has 1 atom stereocenters. The molecule has 5 heterocycles. The first-order chi connectivity index (χ1) is 18.4. The van der Waals surface area contributed by atoms with E-state index in [1.807, 2.05) is 19.1 Å². The van der Waals surface area contributed by atoms with Crippen LogP contribution in [-0.2, 0) is 15.0 Å². The molecular formula is C31H34N4O4. The summed E-state index contributed by atoms with van der Waals surface area (Å²) in [6.45, 7) is 10.3. The van der Waals surface area contributed by atoms with Gasteiger partial charge in [-0.3, -0.25) is 14.6 Å². The molecule has 3 aromatic rings. The van der Waals surface area contributed by atoms with Crippen LogP contribution in [0.1, 0.15) is 86.3 Å². The largest absolute Gasteiger partial charge is 0.481 e. The minimum Gasteiger partial charge on any atom is -0.481 e. The minimum absolute atomic E-state index is 0.00664. The Morgan fingerprint density at radius 3 is 2.08 bits per heavy atom. The third-order valence-electron chi connectivity index (χ3n) is 8.07. The van der Waals surface area contributed by atoms with Crippen LogP contribution in [0.2, 0.25) is 0 Å². The Bertz CT molecular complexity index is 1690. The lowest BCUT2D eigenvalue weighted by atomic mass is 9.74. The Morgan fingerprint density at radius 1 is 0.821 bits per heavy atom. The lowest BCUT2D eigenvalue weighted by Crippen LogP contribution is -2.23. The summed E-state index contributed by atoms with van der Waals surface area (Å²) in [7, 11) is 0. The molecule has 39 heavy (non-hydrogen) atoms. The maximum atomic E-state index is 11.5. The molecule has 0 saturated heterocycles. The van der Waals surface area contributed by atoms with E-state index in [-0.39, 0.29) is 18.8 Å². The smallest absolute Gasteiger partial charge is 0.303 e. The molecule has 5 rings (SSSR count). The molecule has 202 valence electrons. The fraction of sp³-hybridized carbons (Fsp3) is 0.355. The van der Waals surface area contributed by atoms with Gasteiger partial charge >= 0.3 is 11.9 Å². The van der Waals surface area contributed by atoms with E-state index in [0.717, 1.165) is 61.4 Å². The maximum absolute atomic E-state index is 11.5. The van der Waals surface area contributed by atoms with Crippen molar-refractivity contribution < 1.29 is 19.8 Å². The molecule has 8 heteroatoms. The number of nitrogens with zero attached hydrogens (tertiary/aromatic N) is 2. The van der Waals surface area contributed by atoms with Crippen LogP contribution in [0.5, 0.6) is 0 Å². The Kier molecular flexibility index (Phi) is 6.66. The lowest BCUT2D eigenvalue weighted by molar-refractivity contribution is -0.138. The molecule has 3 aromatic heterocycles. The fourth-order valence-electron chi connectivity index (χ4n) is 5.71. The van der Waals surface area contributed by atoms with Gasteiger partial charge in [0.25, 0.3) is 0 Å². The van der Waals surface area contributed by atoms with Gasteiger partial charge in [0.15, 0.2) is 0 Å². The quantitative estimate of drug-likeness (QED) is 0.284. The van der Waals surface area contributed by atoms with Crippen molar-refractivity contribution in [1.29, 1.82) is 0 Å². The van der Waals surface area contributed by atoms with E-state index in [1.165, 1.54) is 0 Å². The minimum atomic E-state index is -0.866. The second-order valence-electron chi connectivity index (χ2n) is 11.2. The van der Waals surface area contributed by atoms with Crippen molar-refractivity contribution in [2.75, 3.05) is 0 Å². The monoisotopic (exact) mass is 526 g/mol. The van der Waals surface area contributed by atoms with Gasteiger partial charge in [-0.1, -0.05) is 13.8 Å². The number of fused-ring (bicyclic) bond motifs is 8. The topological polar surface area (TPSA) is 132 Å². The van der Waals surface area contributed by atoms with Crippen molar-refractivity contribution in [2.45, 2.75) is 71.6 Å². The molecule has 8 bridgehead atoms. The van der Waals surface area contributed by atoms with Gasteiger partial charge in [-0.25, -0.2) is 4.98 Å². The van der Waals surface area contributed by atoms with Crippen LogP contribution >= 0.6 is 0 Å². The summed E-state index contributed by atoms with van der Waals surface area (Å²) in [6.07, 6.45) is 0.805. The number of carboxylic acids is 2. The van der Waals surface area contributed by atoms with Crippen LogP contribution in [0.4, 0.5) is 0 Å². The number of aryl methyl sites for hydroxylation is 2. The summed E-state index contributed by atoms with van der Waals surface area (Å²) >= 11 is 0. The standard InChI is InChI=1S/C31H34N4O4/c1-16-10-20-13-25-18(3)21(6-8-29(36)37)26(34-25)14-27-22(7-9-30(38)39)31(4,5)28(35-27)15-24-17(2)11-19(33-24)12-23(16)32-20/h10-15,22,32-33H,6-9H2,1-5H3,(H,36,37)(H,38,39). The molecular weight excluding hydrogens is 492 g/mol.